The van der Waals surface area contributed by atoms with E-state index in [1.54, 1.807) is 0 Å². The summed E-state index contributed by atoms with van der Waals surface area (Å²) in [6, 6.07) is 6.06. The fourth-order valence-corrected chi connectivity index (χ4v) is 3.69. The predicted molar refractivity (Wildman–Crippen MR) is 113 cm³/mol. The number of carbonyl (C=O) groups excluding carboxylic acids is 2. The van der Waals surface area contributed by atoms with Gasteiger partial charge < -0.3 is 9.64 Å². The number of likely N-dealkylation sites (N-methyl/N-ethyl adjacent to an activating group) is 1. The molecule has 0 saturated heterocycles. The highest BCUT2D eigenvalue weighted by Crippen LogP contribution is 2.22. The van der Waals surface area contributed by atoms with E-state index in [0.717, 1.165) is 17.8 Å². The molecule has 2 rings (SSSR count). The van der Waals surface area contributed by atoms with Gasteiger partial charge in [-0.2, -0.15) is 0 Å². The number of nitrogens with one attached hydrogen (secondary N) is 1. The van der Waals surface area contributed by atoms with Gasteiger partial charge in [-0.1, -0.05) is 11.8 Å². The number of aromatic nitrogens is 1. The molecule has 0 radical (unpaired) electrons. The zero-order chi connectivity index (χ0) is 22.3. The zero-order valence-corrected chi connectivity index (χ0v) is 18.3. The van der Waals surface area contributed by atoms with Crippen LogP contribution in [0, 0.1) is 5.82 Å². The van der Waals surface area contributed by atoms with Crippen molar-refractivity contribution in [1.29, 1.82) is 0 Å². The van der Waals surface area contributed by atoms with Gasteiger partial charge in [-0.15, -0.1) is 0 Å². The van der Waals surface area contributed by atoms with Gasteiger partial charge in [-0.3, -0.25) is 14.3 Å². The van der Waals surface area contributed by atoms with Crippen LogP contribution >= 0.6 is 11.8 Å². The Hall–Kier alpha value is -2.50. The van der Waals surface area contributed by atoms with Crippen molar-refractivity contribution >= 4 is 38.5 Å². The Kier molecular flexibility index (Phi) is 8.33. The molecule has 0 aliphatic rings. The predicted octanol–water partition coefficient (Wildman–Crippen LogP) is 2.42. The average molecular weight is 456 g/mol. The Labute approximate surface area is 178 Å². The van der Waals surface area contributed by atoms with E-state index in [0.29, 0.717) is 6.54 Å². The average Bonchev–Trinajstić information content (AvgIpc) is 2.67. The highest BCUT2D eigenvalue weighted by Gasteiger charge is 2.18. The van der Waals surface area contributed by atoms with Gasteiger partial charge in [0.2, 0.25) is 0 Å². The van der Waals surface area contributed by atoms with Crippen molar-refractivity contribution in [2.75, 3.05) is 37.7 Å². The van der Waals surface area contributed by atoms with E-state index in [1.807, 2.05) is 19.0 Å². The second-order valence-corrected chi connectivity index (χ2v) is 9.32. The Morgan fingerprint density at radius 3 is 2.53 bits per heavy atom. The van der Waals surface area contributed by atoms with Gasteiger partial charge in [-0.05, 0) is 44.4 Å². The Balaban J connectivity index is 2.06. The van der Waals surface area contributed by atoms with Crippen molar-refractivity contribution in [3.8, 4) is 5.75 Å². The maximum atomic E-state index is 14.2. The highest BCUT2D eigenvalue weighted by molar-refractivity contribution is 8.14. The van der Waals surface area contributed by atoms with Crippen LogP contribution in [0.2, 0.25) is 0 Å². The van der Waals surface area contributed by atoms with Crippen LogP contribution in [-0.2, 0) is 14.8 Å². The summed E-state index contributed by atoms with van der Waals surface area (Å²) in [7, 11) is -0.391. The van der Waals surface area contributed by atoms with Crippen LogP contribution in [0.4, 0.5) is 10.2 Å². The van der Waals surface area contributed by atoms with E-state index in [4.69, 9.17) is 4.74 Å². The van der Waals surface area contributed by atoms with E-state index in [1.165, 1.54) is 37.4 Å². The molecule has 0 bridgehead atoms. The lowest BCUT2D eigenvalue weighted by Gasteiger charge is -2.12. The summed E-state index contributed by atoms with van der Waals surface area (Å²) in [5, 5.41) is -0.179. The SMILES string of the molecule is CC(=O)SCC(=O)c1ccc(NS(=O)(=O)c2ccc(OCCN(C)C)c(F)c2)nc1. The molecular formula is C19H22FN3O5S2. The maximum absolute atomic E-state index is 14.2. The molecule has 8 nitrogen and oxygen atoms in total. The Morgan fingerprint density at radius 1 is 1.23 bits per heavy atom. The number of sulfonamides is 1. The van der Waals surface area contributed by atoms with Crippen molar-refractivity contribution in [3.05, 3.63) is 47.9 Å². The third kappa shape index (κ3) is 7.08. The number of hydrogen-bond donors (Lipinski definition) is 1. The number of benzene rings is 1. The molecule has 1 aromatic heterocycles. The number of thioether (sulfide) groups is 1. The number of hydrogen-bond acceptors (Lipinski definition) is 8. The number of ketones is 1. The van der Waals surface area contributed by atoms with Crippen molar-refractivity contribution in [1.82, 2.24) is 9.88 Å². The lowest BCUT2D eigenvalue weighted by atomic mass is 10.2. The summed E-state index contributed by atoms with van der Waals surface area (Å²) in [4.78, 5) is 28.4. The summed E-state index contributed by atoms with van der Waals surface area (Å²) in [6.07, 6.45) is 1.21. The van der Waals surface area contributed by atoms with Gasteiger partial charge in [0.15, 0.2) is 22.5 Å². The Bertz CT molecular complexity index is 1010. The first kappa shape index (κ1) is 23.8. The fraction of sp³-hybridized carbons (Fsp3) is 0.316. The second-order valence-electron chi connectivity index (χ2n) is 6.49. The van der Waals surface area contributed by atoms with Crippen LogP contribution in [0.3, 0.4) is 0 Å². The number of anilines is 1. The third-order valence-electron chi connectivity index (χ3n) is 3.74. The molecule has 0 unspecified atom stereocenters. The molecule has 1 heterocycles. The minimum atomic E-state index is -4.09. The smallest absolute Gasteiger partial charge is 0.263 e. The van der Waals surface area contributed by atoms with Crippen LogP contribution < -0.4 is 9.46 Å². The molecule has 1 N–H and O–H groups in total. The number of carbonyl (C=O) groups is 2. The summed E-state index contributed by atoms with van der Waals surface area (Å²) in [5.74, 6) is -1.19. The topological polar surface area (TPSA) is 106 Å². The number of Topliss-reactive ketones (excluding diaryl/α,β-unsaturated/α-hetero) is 1. The maximum Gasteiger partial charge on any atom is 0.263 e. The lowest BCUT2D eigenvalue weighted by Crippen LogP contribution is -2.20. The minimum absolute atomic E-state index is 0.0235. The molecule has 0 fully saturated rings. The number of rotatable bonds is 10. The number of nitrogens with zero attached hydrogens (tertiary/aromatic N) is 2. The molecule has 0 saturated carbocycles. The number of pyridine rings is 1. The first-order valence-electron chi connectivity index (χ1n) is 8.81. The van der Waals surface area contributed by atoms with E-state index in [2.05, 4.69) is 9.71 Å². The van der Waals surface area contributed by atoms with E-state index in [9.17, 15) is 22.4 Å². The molecule has 0 amide bonds. The molecule has 1 aromatic carbocycles. The standard InChI is InChI=1S/C19H22FN3O5S2/c1-13(24)29-12-17(25)14-4-7-19(21-11-14)22-30(26,27)15-5-6-18(16(20)10-15)28-9-8-23(2)3/h4-7,10-11H,8-9,12H2,1-3H3,(H,21,22). The van der Waals surface area contributed by atoms with Crippen LogP contribution in [0.1, 0.15) is 17.3 Å². The monoisotopic (exact) mass is 455 g/mol. The van der Waals surface area contributed by atoms with Gasteiger partial charge in [0.25, 0.3) is 10.0 Å². The first-order chi connectivity index (χ1) is 14.1. The quantitative estimate of drug-likeness (QED) is 0.545. The summed E-state index contributed by atoms with van der Waals surface area (Å²) >= 11 is 0.878. The normalized spacial score (nSPS) is 11.4. The summed E-state index contributed by atoms with van der Waals surface area (Å²) in [6.45, 7) is 2.20. The molecule has 162 valence electrons. The molecular weight excluding hydrogens is 433 g/mol. The summed E-state index contributed by atoms with van der Waals surface area (Å²) < 4.78 is 46.7. The van der Waals surface area contributed by atoms with E-state index >= 15 is 0 Å². The fourth-order valence-electron chi connectivity index (χ4n) is 2.17. The van der Waals surface area contributed by atoms with Gasteiger partial charge in [-0.25, -0.2) is 17.8 Å². The minimum Gasteiger partial charge on any atom is -0.489 e. The van der Waals surface area contributed by atoms with Crippen molar-refractivity contribution in [3.63, 3.8) is 0 Å². The van der Waals surface area contributed by atoms with Crippen LogP contribution in [-0.4, -0.2) is 62.2 Å². The molecule has 0 aliphatic carbocycles. The Morgan fingerprint density at radius 2 is 1.97 bits per heavy atom. The lowest BCUT2D eigenvalue weighted by molar-refractivity contribution is -0.109. The molecule has 11 heteroatoms. The molecule has 30 heavy (non-hydrogen) atoms. The zero-order valence-electron chi connectivity index (χ0n) is 16.7. The van der Waals surface area contributed by atoms with E-state index < -0.39 is 15.8 Å². The molecule has 0 aliphatic heterocycles. The van der Waals surface area contributed by atoms with Crippen molar-refractivity contribution in [2.24, 2.45) is 0 Å². The van der Waals surface area contributed by atoms with E-state index in [-0.39, 0.29) is 45.3 Å². The van der Waals surface area contributed by atoms with Gasteiger partial charge in [0.1, 0.15) is 12.4 Å². The van der Waals surface area contributed by atoms with Crippen LogP contribution in [0.5, 0.6) is 5.75 Å². The van der Waals surface area contributed by atoms with Crippen LogP contribution in [0.15, 0.2) is 41.4 Å². The molecule has 0 atom stereocenters. The first-order valence-corrected chi connectivity index (χ1v) is 11.3. The number of halogens is 1. The largest absolute Gasteiger partial charge is 0.489 e. The van der Waals surface area contributed by atoms with Gasteiger partial charge in [0, 0.05) is 25.2 Å². The summed E-state index contributed by atoms with van der Waals surface area (Å²) in [5.41, 5.74) is 0.247. The van der Waals surface area contributed by atoms with Gasteiger partial charge >= 0.3 is 0 Å². The highest BCUT2D eigenvalue weighted by atomic mass is 32.2. The number of ether oxygens (including phenoxy) is 1. The third-order valence-corrected chi connectivity index (χ3v) is 5.91. The van der Waals surface area contributed by atoms with Crippen LogP contribution in [0.25, 0.3) is 0 Å². The molecule has 2 aromatic rings. The molecule has 0 spiro atoms. The second kappa shape index (κ2) is 10.5. The van der Waals surface area contributed by atoms with Gasteiger partial charge in [0.05, 0.1) is 10.6 Å². The van der Waals surface area contributed by atoms with Crippen molar-refractivity contribution in [2.45, 2.75) is 11.8 Å². The van der Waals surface area contributed by atoms with Crippen molar-refractivity contribution < 1.29 is 27.1 Å².